The number of amides is 1. The monoisotopic (exact) mass is 301 g/mol. The van der Waals surface area contributed by atoms with Crippen LogP contribution in [-0.4, -0.2) is 44.9 Å². The van der Waals surface area contributed by atoms with Crippen molar-refractivity contribution in [1.29, 1.82) is 0 Å². The van der Waals surface area contributed by atoms with E-state index in [2.05, 4.69) is 11.9 Å². The molecule has 1 aliphatic heterocycles. The van der Waals surface area contributed by atoms with Crippen LogP contribution in [0.4, 0.5) is 0 Å². The van der Waals surface area contributed by atoms with Gasteiger partial charge in [0, 0.05) is 19.1 Å². The fraction of sp³-hybridized carbons (Fsp3) is 0.769. The van der Waals surface area contributed by atoms with Crippen LogP contribution in [0, 0.1) is 11.8 Å². The molecule has 0 spiro atoms. The van der Waals surface area contributed by atoms with Crippen molar-refractivity contribution in [3.63, 3.8) is 0 Å². The summed E-state index contributed by atoms with van der Waals surface area (Å²) in [5.41, 5.74) is 0. The number of hydrogen-bond donors (Lipinski definition) is 1. The minimum atomic E-state index is -3.36. The largest absolute Gasteiger partial charge is 0.375 e. The Hall–Kier alpha value is -0.920. The molecule has 112 valence electrons. The van der Waals surface area contributed by atoms with E-state index in [1.54, 1.807) is 0 Å². The summed E-state index contributed by atoms with van der Waals surface area (Å²) in [6, 6.07) is 0. The number of ether oxygens (including phenoxy) is 1. The smallest absolute Gasteiger partial charge is 0.270 e. The molecule has 1 saturated heterocycles. The summed E-state index contributed by atoms with van der Waals surface area (Å²) in [7, 11) is -3.36. The first kappa shape index (κ1) is 14.0. The number of carbonyl (C=O) groups excluding carboxylic acids is 1. The van der Waals surface area contributed by atoms with Gasteiger partial charge in [-0.2, -0.15) is 8.42 Å². The van der Waals surface area contributed by atoms with Crippen LogP contribution in [0.15, 0.2) is 12.7 Å². The molecule has 5 unspecified atom stereocenters. The predicted molar refractivity (Wildman–Crippen MR) is 71.4 cm³/mol. The van der Waals surface area contributed by atoms with Gasteiger partial charge in [0.2, 0.25) is 5.91 Å². The number of fused-ring (bicyclic) bond motifs is 1. The van der Waals surface area contributed by atoms with Crippen molar-refractivity contribution < 1.29 is 22.1 Å². The molecule has 7 heteroatoms. The Kier molecular flexibility index (Phi) is 3.60. The van der Waals surface area contributed by atoms with Crippen LogP contribution < -0.4 is 5.32 Å². The van der Waals surface area contributed by atoms with Crippen molar-refractivity contribution in [3.05, 3.63) is 12.7 Å². The van der Waals surface area contributed by atoms with E-state index in [4.69, 9.17) is 8.92 Å². The molecule has 1 N–H and O–H groups in total. The molecule has 5 atom stereocenters. The van der Waals surface area contributed by atoms with Crippen molar-refractivity contribution >= 4 is 16.0 Å². The Morgan fingerprint density at radius 3 is 3.00 bits per heavy atom. The average Bonchev–Trinajstić information content (AvgIpc) is 3.01. The molecule has 3 aliphatic rings. The first-order valence-corrected chi connectivity index (χ1v) is 8.44. The molecule has 1 heterocycles. The van der Waals surface area contributed by atoms with E-state index in [0.29, 0.717) is 31.9 Å². The SMILES string of the molecule is C=CC(=O)NCCCOC1C2CC3C1OS(=O)(=O)C3C2. The number of hydrogen-bond acceptors (Lipinski definition) is 5. The molecule has 20 heavy (non-hydrogen) atoms. The number of nitrogens with one attached hydrogen (secondary N) is 1. The quantitative estimate of drug-likeness (QED) is 0.430. The fourth-order valence-corrected chi connectivity index (χ4v) is 5.57. The van der Waals surface area contributed by atoms with Gasteiger partial charge < -0.3 is 10.1 Å². The van der Waals surface area contributed by atoms with Gasteiger partial charge in [0.05, 0.1) is 11.4 Å². The lowest BCUT2D eigenvalue weighted by molar-refractivity contribution is -0.116. The van der Waals surface area contributed by atoms with Gasteiger partial charge in [0.25, 0.3) is 10.1 Å². The van der Waals surface area contributed by atoms with Crippen molar-refractivity contribution in [2.45, 2.75) is 36.7 Å². The maximum absolute atomic E-state index is 11.8. The molecule has 1 amide bonds. The lowest BCUT2D eigenvalue weighted by Crippen LogP contribution is -2.36. The Balaban J connectivity index is 1.46. The summed E-state index contributed by atoms with van der Waals surface area (Å²) in [4.78, 5) is 11.0. The van der Waals surface area contributed by atoms with Crippen molar-refractivity contribution in [1.82, 2.24) is 5.32 Å². The van der Waals surface area contributed by atoms with Crippen LogP contribution in [0.2, 0.25) is 0 Å². The van der Waals surface area contributed by atoms with E-state index < -0.39 is 10.1 Å². The van der Waals surface area contributed by atoms with Gasteiger partial charge >= 0.3 is 0 Å². The minimum absolute atomic E-state index is 0.108. The molecule has 0 aromatic heterocycles. The second-order valence-corrected chi connectivity index (χ2v) is 7.46. The highest BCUT2D eigenvalue weighted by atomic mass is 32.2. The molecule has 0 radical (unpaired) electrons. The summed E-state index contributed by atoms with van der Waals surface area (Å²) in [5, 5.41) is 2.37. The lowest BCUT2D eigenvalue weighted by atomic mass is 9.94. The second-order valence-electron chi connectivity index (χ2n) is 5.67. The highest BCUT2D eigenvalue weighted by molar-refractivity contribution is 7.87. The van der Waals surface area contributed by atoms with Gasteiger partial charge in [-0.3, -0.25) is 8.98 Å². The normalized spacial score (nSPS) is 39.9. The van der Waals surface area contributed by atoms with Gasteiger partial charge in [-0.05, 0) is 31.3 Å². The van der Waals surface area contributed by atoms with Gasteiger partial charge in [-0.25, -0.2) is 0 Å². The van der Waals surface area contributed by atoms with Gasteiger partial charge in [-0.15, -0.1) is 0 Å². The number of carbonyl (C=O) groups is 1. The Labute approximate surface area is 118 Å². The first-order chi connectivity index (χ1) is 9.53. The first-order valence-electron chi connectivity index (χ1n) is 6.97. The lowest BCUT2D eigenvalue weighted by Gasteiger charge is -2.25. The Bertz CT molecular complexity index is 517. The van der Waals surface area contributed by atoms with E-state index >= 15 is 0 Å². The third-order valence-corrected chi connectivity index (χ3v) is 6.30. The highest BCUT2D eigenvalue weighted by Crippen LogP contribution is 2.55. The Morgan fingerprint density at radius 1 is 1.45 bits per heavy atom. The van der Waals surface area contributed by atoms with Crippen LogP contribution in [0.25, 0.3) is 0 Å². The minimum Gasteiger partial charge on any atom is -0.375 e. The van der Waals surface area contributed by atoms with Gasteiger partial charge in [0.1, 0.15) is 6.10 Å². The summed E-state index contributed by atoms with van der Waals surface area (Å²) >= 11 is 0. The maximum atomic E-state index is 11.8. The fourth-order valence-electron chi connectivity index (χ4n) is 3.69. The topological polar surface area (TPSA) is 81.7 Å². The molecule has 2 saturated carbocycles. The molecule has 3 fully saturated rings. The van der Waals surface area contributed by atoms with Crippen molar-refractivity contribution in [2.75, 3.05) is 13.2 Å². The van der Waals surface area contributed by atoms with Crippen LogP contribution in [0.5, 0.6) is 0 Å². The average molecular weight is 301 g/mol. The number of rotatable bonds is 6. The second kappa shape index (κ2) is 5.13. The molecule has 2 bridgehead atoms. The zero-order valence-corrected chi connectivity index (χ0v) is 12.0. The van der Waals surface area contributed by atoms with E-state index in [1.165, 1.54) is 6.08 Å². The molecular formula is C13H19NO5S. The zero-order chi connectivity index (χ0) is 14.3. The maximum Gasteiger partial charge on any atom is 0.270 e. The summed E-state index contributed by atoms with van der Waals surface area (Å²) in [6.07, 6.45) is 3.09. The van der Waals surface area contributed by atoms with Gasteiger partial charge in [0.15, 0.2) is 0 Å². The molecule has 0 aromatic rings. The molecule has 6 nitrogen and oxygen atoms in total. The van der Waals surface area contributed by atoms with Crippen LogP contribution in [0.3, 0.4) is 0 Å². The van der Waals surface area contributed by atoms with Crippen LogP contribution in [-0.2, 0) is 23.8 Å². The standard InChI is InChI=1S/C13H19NO5S/c1-2-11(15)14-4-3-5-18-12-8-6-9-10(7-8)20(16,17)19-13(9)12/h2,8-10,12-13H,1,3-7H2,(H,14,15). The summed E-state index contributed by atoms with van der Waals surface area (Å²) < 4.78 is 34.6. The summed E-state index contributed by atoms with van der Waals surface area (Å²) in [6.45, 7) is 4.39. The third-order valence-electron chi connectivity index (χ3n) is 4.53. The predicted octanol–water partition coefficient (Wildman–Crippen LogP) is 0.201. The molecular weight excluding hydrogens is 282 g/mol. The Morgan fingerprint density at radius 2 is 2.25 bits per heavy atom. The van der Waals surface area contributed by atoms with Crippen LogP contribution in [0.1, 0.15) is 19.3 Å². The van der Waals surface area contributed by atoms with Crippen molar-refractivity contribution in [2.24, 2.45) is 11.8 Å². The van der Waals surface area contributed by atoms with Crippen LogP contribution >= 0.6 is 0 Å². The molecule has 0 aromatic carbocycles. The summed E-state index contributed by atoms with van der Waals surface area (Å²) in [5.74, 6) is 0.225. The van der Waals surface area contributed by atoms with E-state index in [1.807, 2.05) is 0 Å². The van der Waals surface area contributed by atoms with E-state index in [0.717, 1.165) is 6.42 Å². The van der Waals surface area contributed by atoms with E-state index in [-0.39, 0.29) is 29.3 Å². The van der Waals surface area contributed by atoms with E-state index in [9.17, 15) is 13.2 Å². The molecule has 3 rings (SSSR count). The van der Waals surface area contributed by atoms with Crippen molar-refractivity contribution in [3.8, 4) is 0 Å². The highest BCUT2D eigenvalue weighted by Gasteiger charge is 2.64. The molecule has 2 aliphatic carbocycles. The van der Waals surface area contributed by atoms with Gasteiger partial charge in [-0.1, -0.05) is 6.58 Å². The zero-order valence-electron chi connectivity index (χ0n) is 11.2. The third kappa shape index (κ3) is 2.27.